The lowest BCUT2D eigenvalue weighted by Crippen LogP contribution is -2.40. The largest absolute Gasteiger partial charge is 0.311 e. The van der Waals surface area contributed by atoms with E-state index in [0.29, 0.717) is 4.90 Å². The maximum absolute atomic E-state index is 12.9. The number of rotatable bonds is 12. The average molecular weight is 371 g/mol. The van der Waals surface area contributed by atoms with E-state index in [1.807, 2.05) is 19.1 Å². The Morgan fingerprint density at radius 2 is 1.25 bits per heavy atom. The second kappa shape index (κ2) is 10.4. The van der Waals surface area contributed by atoms with Gasteiger partial charge in [0.05, 0.1) is 4.90 Å². The smallest absolute Gasteiger partial charge is 0.287 e. The molecule has 1 aromatic rings. The minimum Gasteiger partial charge on any atom is -0.311 e. The maximum atomic E-state index is 12.9. The van der Waals surface area contributed by atoms with E-state index in [-0.39, 0.29) is 0 Å². The van der Waals surface area contributed by atoms with E-state index < -0.39 is 18.4 Å². The first kappa shape index (κ1) is 21.4. The van der Waals surface area contributed by atoms with E-state index in [2.05, 4.69) is 20.8 Å². The van der Waals surface area contributed by atoms with E-state index in [9.17, 15) is 8.42 Å². The van der Waals surface area contributed by atoms with Crippen LogP contribution in [0.15, 0.2) is 29.2 Å². The van der Waals surface area contributed by atoms with Gasteiger partial charge in [0.2, 0.25) is 8.32 Å². The highest BCUT2D eigenvalue weighted by atomic mass is 32.2. The van der Waals surface area contributed by atoms with Crippen LogP contribution < -0.4 is 0 Å². The monoisotopic (exact) mass is 370 g/mol. The quantitative estimate of drug-likeness (QED) is 0.421. The molecule has 0 saturated heterocycles. The normalized spacial score (nSPS) is 12.5. The summed E-state index contributed by atoms with van der Waals surface area (Å²) in [6.07, 6.45) is 6.43. The van der Waals surface area contributed by atoms with Crippen molar-refractivity contribution in [1.82, 2.24) is 0 Å². The third-order valence-corrected chi connectivity index (χ3v) is 11.5. The summed E-state index contributed by atoms with van der Waals surface area (Å²) in [5.74, 6) is 0. The predicted molar refractivity (Wildman–Crippen MR) is 104 cm³/mol. The number of hydrogen-bond donors (Lipinski definition) is 0. The van der Waals surface area contributed by atoms with Crippen LogP contribution in [0, 0.1) is 6.92 Å². The molecule has 0 N–H and O–H groups in total. The molecule has 0 amide bonds. The molecule has 5 heteroatoms. The first-order valence-electron chi connectivity index (χ1n) is 9.41. The molecule has 0 aliphatic heterocycles. The van der Waals surface area contributed by atoms with Crippen molar-refractivity contribution in [2.45, 2.75) is 89.2 Å². The van der Waals surface area contributed by atoms with Crippen LogP contribution in [0.5, 0.6) is 0 Å². The van der Waals surface area contributed by atoms with Crippen LogP contribution in [-0.2, 0) is 14.0 Å². The number of aryl methyl sites for hydroxylation is 1. The Labute approximate surface area is 150 Å². The van der Waals surface area contributed by atoms with Gasteiger partial charge in [-0.1, -0.05) is 77.0 Å². The van der Waals surface area contributed by atoms with Gasteiger partial charge in [-0.25, -0.2) is 0 Å². The Bertz CT molecular complexity index is 545. The molecule has 0 radical (unpaired) electrons. The Morgan fingerprint density at radius 1 is 0.833 bits per heavy atom. The molecular formula is C19H34O3SSi. The van der Waals surface area contributed by atoms with Crippen molar-refractivity contribution in [1.29, 1.82) is 0 Å². The number of benzene rings is 1. The highest BCUT2D eigenvalue weighted by Crippen LogP contribution is 2.33. The van der Waals surface area contributed by atoms with E-state index in [1.54, 1.807) is 12.1 Å². The summed E-state index contributed by atoms with van der Waals surface area (Å²) < 4.78 is 31.8. The third-order valence-electron chi connectivity index (χ3n) is 4.55. The van der Waals surface area contributed by atoms with Gasteiger partial charge in [-0.2, -0.15) is 8.42 Å². The molecule has 0 saturated carbocycles. The minimum absolute atomic E-state index is 0.300. The van der Waals surface area contributed by atoms with E-state index in [4.69, 9.17) is 3.87 Å². The van der Waals surface area contributed by atoms with Gasteiger partial charge in [-0.05, 0) is 37.2 Å². The first-order chi connectivity index (χ1) is 11.4. The summed E-state index contributed by atoms with van der Waals surface area (Å²) in [5.41, 5.74) is 1.06. The second-order valence-electron chi connectivity index (χ2n) is 6.84. The summed E-state index contributed by atoms with van der Waals surface area (Å²) in [7, 11) is -5.94. The molecule has 24 heavy (non-hydrogen) atoms. The molecule has 0 atom stereocenters. The minimum atomic E-state index is -3.66. The molecule has 0 bridgehead atoms. The van der Waals surface area contributed by atoms with Crippen molar-refractivity contribution in [3.8, 4) is 0 Å². The number of unbranched alkanes of at least 4 members (excludes halogenated alkanes) is 3. The molecule has 0 unspecified atom stereocenters. The van der Waals surface area contributed by atoms with Crippen LogP contribution in [0.3, 0.4) is 0 Å². The SMILES string of the molecule is CCCC[Si](CCCC)(CCCC)OS(=O)(=O)c1ccc(C)cc1. The van der Waals surface area contributed by atoms with Crippen molar-refractivity contribution < 1.29 is 12.3 Å². The number of hydrogen-bond acceptors (Lipinski definition) is 3. The van der Waals surface area contributed by atoms with Crippen molar-refractivity contribution in [3.05, 3.63) is 29.8 Å². The summed E-state index contributed by atoms with van der Waals surface area (Å²) in [6, 6.07) is 9.87. The maximum Gasteiger partial charge on any atom is 0.287 e. The first-order valence-corrected chi connectivity index (χ1v) is 13.3. The second-order valence-corrected chi connectivity index (χ2v) is 12.8. The zero-order chi connectivity index (χ0) is 18.1. The molecule has 1 aromatic carbocycles. The van der Waals surface area contributed by atoms with Crippen molar-refractivity contribution in [3.63, 3.8) is 0 Å². The van der Waals surface area contributed by atoms with Crippen LogP contribution in [0.4, 0.5) is 0 Å². The standard InChI is InChI=1S/C19H34O3SSi/c1-5-8-15-24(16-9-6-2,17-10-7-3)22-23(20,21)19-13-11-18(4)12-14-19/h11-14H,5-10,15-17H2,1-4H3. The van der Waals surface area contributed by atoms with Crippen molar-refractivity contribution in [2.24, 2.45) is 0 Å². The van der Waals surface area contributed by atoms with Crippen molar-refractivity contribution in [2.75, 3.05) is 0 Å². The molecule has 0 aliphatic rings. The van der Waals surface area contributed by atoms with Crippen LogP contribution >= 0.6 is 0 Å². The van der Waals surface area contributed by atoms with E-state index in [1.165, 1.54) is 0 Å². The predicted octanol–water partition coefficient (Wildman–Crippen LogP) is 6.05. The van der Waals surface area contributed by atoms with Gasteiger partial charge in [0.15, 0.2) is 0 Å². The Morgan fingerprint density at radius 3 is 1.62 bits per heavy atom. The molecule has 0 aliphatic carbocycles. The molecule has 0 fully saturated rings. The summed E-state index contributed by atoms with van der Waals surface area (Å²) in [5, 5.41) is 0. The summed E-state index contributed by atoms with van der Waals surface area (Å²) in [6.45, 7) is 8.44. The highest BCUT2D eigenvalue weighted by Gasteiger charge is 2.38. The van der Waals surface area contributed by atoms with Crippen LogP contribution in [-0.4, -0.2) is 16.7 Å². The molecule has 3 nitrogen and oxygen atoms in total. The topological polar surface area (TPSA) is 43.4 Å². The van der Waals surface area contributed by atoms with Gasteiger partial charge >= 0.3 is 0 Å². The van der Waals surface area contributed by atoms with Crippen molar-refractivity contribution >= 4 is 18.4 Å². The fourth-order valence-electron chi connectivity index (χ4n) is 2.98. The van der Waals surface area contributed by atoms with Gasteiger partial charge in [0.1, 0.15) is 0 Å². The van der Waals surface area contributed by atoms with Gasteiger partial charge in [0, 0.05) is 0 Å². The van der Waals surface area contributed by atoms with Crippen LogP contribution in [0.1, 0.15) is 64.9 Å². The zero-order valence-corrected chi connectivity index (χ0v) is 17.6. The van der Waals surface area contributed by atoms with Gasteiger partial charge < -0.3 is 3.87 Å². The molecule has 1 rings (SSSR count). The third kappa shape index (κ3) is 6.69. The molecular weight excluding hydrogens is 336 g/mol. The highest BCUT2D eigenvalue weighted by molar-refractivity contribution is 7.87. The van der Waals surface area contributed by atoms with Gasteiger partial charge in [0.25, 0.3) is 10.1 Å². The van der Waals surface area contributed by atoms with E-state index in [0.717, 1.165) is 62.2 Å². The lowest BCUT2D eigenvalue weighted by molar-refractivity contribution is 0.465. The Kier molecular flexibility index (Phi) is 9.24. The fraction of sp³-hybridized carbons (Fsp3) is 0.684. The molecule has 138 valence electrons. The fourth-order valence-corrected chi connectivity index (χ4v) is 10.4. The Balaban J connectivity index is 3.08. The molecule has 0 heterocycles. The van der Waals surface area contributed by atoms with Gasteiger partial charge in [-0.3, -0.25) is 0 Å². The lowest BCUT2D eigenvalue weighted by atomic mass is 10.2. The van der Waals surface area contributed by atoms with Crippen LogP contribution in [0.2, 0.25) is 18.1 Å². The average Bonchev–Trinajstić information content (AvgIpc) is 2.56. The molecule has 0 aromatic heterocycles. The summed E-state index contributed by atoms with van der Waals surface area (Å²) >= 11 is 0. The van der Waals surface area contributed by atoms with Gasteiger partial charge in [-0.15, -0.1) is 0 Å². The van der Waals surface area contributed by atoms with E-state index >= 15 is 0 Å². The van der Waals surface area contributed by atoms with Crippen LogP contribution in [0.25, 0.3) is 0 Å². The zero-order valence-electron chi connectivity index (χ0n) is 15.8. The lowest BCUT2D eigenvalue weighted by Gasteiger charge is -2.31. The molecule has 0 spiro atoms. The summed E-state index contributed by atoms with van der Waals surface area (Å²) in [4.78, 5) is 0.300. The Hall–Kier alpha value is -0.653.